The summed E-state index contributed by atoms with van der Waals surface area (Å²) in [5, 5.41) is 13.5. The number of nitro groups is 1. The zero-order valence-corrected chi connectivity index (χ0v) is 14.9. The fourth-order valence-electron chi connectivity index (χ4n) is 2.59. The number of hydrogen-bond donors (Lipinski definition) is 1. The van der Waals surface area contributed by atoms with Gasteiger partial charge in [-0.2, -0.15) is 0 Å². The van der Waals surface area contributed by atoms with Crippen molar-refractivity contribution < 1.29 is 19.2 Å². The highest BCUT2D eigenvalue weighted by Crippen LogP contribution is 2.24. The zero-order chi connectivity index (χ0) is 20.1. The Morgan fingerprint density at radius 1 is 0.929 bits per heavy atom. The van der Waals surface area contributed by atoms with Gasteiger partial charge in [0.2, 0.25) is 0 Å². The van der Waals surface area contributed by atoms with Crippen LogP contribution in [0.1, 0.15) is 17.3 Å². The third kappa shape index (κ3) is 4.59. The van der Waals surface area contributed by atoms with E-state index >= 15 is 0 Å². The Kier molecular flexibility index (Phi) is 5.45. The smallest absolute Gasteiger partial charge is 0.308 e. The van der Waals surface area contributed by atoms with Gasteiger partial charge >= 0.3 is 5.97 Å². The number of ether oxygens (including phenoxy) is 1. The third-order valence-corrected chi connectivity index (χ3v) is 3.91. The molecule has 7 heteroatoms. The van der Waals surface area contributed by atoms with E-state index in [-0.39, 0.29) is 11.6 Å². The highest BCUT2D eigenvalue weighted by Gasteiger charge is 2.09. The SMILES string of the molecule is CC(=O)Oc1cccc(C(=O)Nc2ccc(-c3ccc([N+](=O)[O-])cc3)cc2)c1. The molecule has 0 saturated heterocycles. The number of carbonyl (C=O) groups excluding carboxylic acids is 2. The van der Waals surface area contributed by atoms with Crippen molar-refractivity contribution in [2.24, 2.45) is 0 Å². The maximum atomic E-state index is 12.4. The number of anilines is 1. The first-order chi connectivity index (χ1) is 13.4. The van der Waals surface area contributed by atoms with Gasteiger partial charge in [-0.25, -0.2) is 0 Å². The van der Waals surface area contributed by atoms with Gasteiger partial charge in [0.1, 0.15) is 5.75 Å². The number of amides is 1. The van der Waals surface area contributed by atoms with Crippen LogP contribution in [0.25, 0.3) is 11.1 Å². The average Bonchev–Trinajstić information content (AvgIpc) is 2.68. The highest BCUT2D eigenvalue weighted by atomic mass is 16.6. The number of hydrogen-bond acceptors (Lipinski definition) is 5. The Morgan fingerprint density at radius 2 is 1.54 bits per heavy atom. The first-order valence-electron chi connectivity index (χ1n) is 8.37. The van der Waals surface area contributed by atoms with Crippen LogP contribution in [0.5, 0.6) is 5.75 Å². The first-order valence-corrected chi connectivity index (χ1v) is 8.37. The Labute approximate surface area is 160 Å². The van der Waals surface area contributed by atoms with Crippen LogP contribution in [0.15, 0.2) is 72.8 Å². The van der Waals surface area contributed by atoms with E-state index in [1.165, 1.54) is 25.1 Å². The molecule has 0 unspecified atom stereocenters. The lowest BCUT2D eigenvalue weighted by Gasteiger charge is -2.08. The lowest BCUT2D eigenvalue weighted by Crippen LogP contribution is -2.12. The van der Waals surface area contributed by atoms with Crippen molar-refractivity contribution in [2.75, 3.05) is 5.32 Å². The van der Waals surface area contributed by atoms with Gasteiger partial charge in [0.25, 0.3) is 11.6 Å². The maximum Gasteiger partial charge on any atom is 0.308 e. The second kappa shape index (κ2) is 8.13. The van der Waals surface area contributed by atoms with Crippen molar-refractivity contribution in [1.82, 2.24) is 0 Å². The molecule has 1 amide bonds. The van der Waals surface area contributed by atoms with E-state index in [0.717, 1.165) is 11.1 Å². The second-order valence-electron chi connectivity index (χ2n) is 5.96. The summed E-state index contributed by atoms with van der Waals surface area (Å²) in [5.41, 5.74) is 2.68. The number of nitro benzene ring substituents is 1. The first kappa shape index (κ1) is 18.8. The Bertz CT molecular complexity index is 1030. The molecular weight excluding hydrogens is 360 g/mol. The molecule has 1 N–H and O–H groups in total. The zero-order valence-electron chi connectivity index (χ0n) is 14.9. The molecule has 0 radical (unpaired) electrons. The molecule has 140 valence electrons. The van der Waals surface area contributed by atoms with Gasteiger partial charge in [0.05, 0.1) is 4.92 Å². The molecule has 3 aromatic rings. The van der Waals surface area contributed by atoms with Crippen molar-refractivity contribution in [3.8, 4) is 16.9 Å². The summed E-state index contributed by atoms with van der Waals surface area (Å²) < 4.78 is 4.98. The third-order valence-electron chi connectivity index (χ3n) is 3.91. The minimum Gasteiger partial charge on any atom is -0.427 e. The van der Waals surface area contributed by atoms with E-state index < -0.39 is 10.9 Å². The fourth-order valence-corrected chi connectivity index (χ4v) is 2.59. The van der Waals surface area contributed by atoms with Gasteiger partial charge in [-0.05, 0) is 53.6 Å². The molecule has 0 aromatic heterocycles. The predicted molar refractivity (Wildman–Crippen MR) is 104 cm³/mol. The molecule has 3 aromatic carbocycles. The maximum absolute atomic E-state index is 12.4. The summed E-state index contributed by atoms with van der Waals surface area (Å²) >= 11 is 0. The van der Waals surface area contributed by atoms with Gasteiger partial charge < -0.3 is 10.1 Å². The molecule has 0 fully saturated rings. The van der Waals surface area contributed by atoms with Gasteiger partial charge in [-0.1, -0.05) is 18.2 Å². The summed E-state index contributed by atoms with van der Waals surface area (Å²) in [5.74, 6) is -0.495. The van der Waals surface area contributed by atoms with E-state index in [9.17, 15) is 19.7 Å². The monoisotopic (exact) mass is 376 g/mol. The molecule has 28 heavy (non-hydrogen) atoms. The number of nitrogens with one attached hydrogen (secondary N) is 1. The van der Waals surface area contributed by atoms with Crippen LogP contribution in [-0.2, 0) is 4.79 Å². The molecule has 0 aliphatic heterocycles. The molecule has 3 rings (SSSR count). The van der Waals surface area contributed by atoms with Crippen LogP contribution in [0.3, 0.4) is 0 Å². The molecule has 7 nitrogen and oxygen atoms in total. The van der Waals surface area contributed by atoms with Gasteiger partial charge in [0.15, 0.2) is 0 Å². The number of benzene rings is 3. The van der Waals surface area contributed by atoms with E-state index in [1.54, 1.807) is 42.5 Å². The largest absolute Gasteiger partial charge is 0.427 e. The van der Waals surface area contributed by atoms with Crippen LogP contribution in [-0.4, -0.2) is 16.8 Å². The Morgan fingerprint density at radius 3 is 2.11 bits per heavy atom. The number of carbonyl (C=O) groups is 2. The lowest BCUT2D eigenvalue weighted by atomic mass is 10.0. The number of non-ortho nitro benzene ring substituents is 1. The minimum atomic E-state index is -0.459. The van der Waals surface area contributed by atoms with E-state index in [4.69, 9.17) is 4.74 Å². The normalized spacial score (nSPS) is 10.2. The predicted octanol–water partition coefficient (Wildman–Crippen LogP) is 4.44. The van der Waals surface area contributed by atoms with Gasteiger partial charge in [0, 0.05) is 30.3 Å². The van der Waals surface area contributed by atoms with Crippen molar-refractivity contribution in [2.45, 2.75) is 6.92 Å². The summed E-state index contributed by atoms with van der Waals surface area (Å²) in [6.45, 7) is 1.29. The number of esters is 1. The topological polar surface area (TPSA) is 98.5 Å². The van der Waals surface area contributed by atoms with E-state index in [2.05, 4.69) is 5.32 Å². The van der Waals surface area contributed by atoms with E-state index in [1.807, 2.05) is 12.1 Å². The molecule has 0 atom stereocenters. The van der Waals surface area contributed by atoms with Crippen LogP contribution in [0.2, 0.25) is 0 Å². The Hall–Kier alpha value is -4.00. The molecule has 0 aliphatic carbocycles. The molecule has 0 saturated carbocycles. The summed E-state index contributed by atoms with van der Waals surface area (Å²) in [6, 6.07) is 19.7. The number of rotatable bonds is 5. The quantitative estimate of drug-likeness (QED) is 0.307. The van der Waals surface area contributed by atoms with Crippen LogP contribution in [0.4, 0.5) is 11.4 Å². The standard InChI is InChI=1S/C21H16N2O5/c1-14(24)28-20-4-2-3-17(13-20)21(25)22-18-9-5-15(6-10-18)16-7-11-19(12-8-16)23(26)27/h2-13H,1H3,(H,22,25). The molecule has 0 bridgehead atoms. The molecule has 0 aliphatic rings. The van der Waals surface area contributed by atoms with Crippen molar-refractivity contribution >= 4 is 23.3 Å². The van der Waals surface area contributed by atoms with E-state index in [0.29, 0.717) is 17.0 Å². The van der Waals surface area contributed by atoms with Gasteiger partial charge in [-0.15, -0.1) is 0 Å². The fraction of sp³-hybridized carbons (Fsp3) is 0.0476. The minimum absolute atomic E-state index is 0.0311. The van der Waals surface area contributed by atoms with Crippen LogP contribution < -0.4 is 10.1 Å². The average molecular weight is 376 g/mol. The van der Waals surface area contributed by atoms with Crippen molar-refractivity contribution in [1.29, 1.82) is 0 Å². The van der Waals surface area contributed by atoms with Crippen LogP contribution >= 0.6 is 0 Å². The molecular formula is C21H16N2O5. The highest BCUT2D eigenvalue weighted by molar-refractivity contribution is 6.04. The Balaban J connectivity index is 1.71. The van der Waals surface area contributed by atoms with Crippen LogP contribution in [0, 0.1) is 10.1 Å². The summed E-state index contributed by atoms with van der Waals surface area (Å²) in [4.78, 5) is 33.7. The second-order valence-corrected chi connectivity index (χ2v) is 5.96. The lowest BCUT2D eigenvalue weighted by molar-refractivity contribution is -0.384. The summed E-state index contributed by atoms with van der Waals surface area (Å²) in [7, 11) is 0. The van der Waals surface area contributed by atoms with Gasteiger partial charge in [-0.3, -0.25) is 19.7 Å². The molecule has 0 spiro atoms. The van der Waals surface area contributed by atoms with Crippen molar-refractivity contribution in [3.63, 3.8) is 0 Å². The molecule has 0 heterocycles. The van der Waals surface area contributed by atoms with Crippen molar-refractivity contribution in [3.05, 3.63) is 88.5 Å². The number of nitrogens with zero attached hydrogens (tertiary/aromatic N) is 1. The summed E-state index contributed by atoms with van der Waals surface area (Å²) in [6.07, 6.45) is 0.